The minimum absolute atomic E-state index is 0.0679. The van der Waals surface area contributed by atoms with Crippen LogP contribution in [0.5, 0.6) is 0 Å². The molecule has 0 fully saturated rings. The van der Waals surface area contributed by atoms with Crippen LogP contribution in [0.1, 0.15) is 26.4 Å². The van der Waals surface area contributed by atoms with Gasteiger partial charge in [0.15, 0.2) is 5.43 Å². The number of hydrogen-bond donors (Lipinski definition) is 1. The van der Waals surface area contributed by atoms with Crippen molar-refractivity contribution in [3.8, 4) is 5.69 Å². The molecule has 0 radical (unpaired) electrons. The predicted octanol–water partition coefficient (Wildman–Crippen LogP) is 2.60. The number of hydrogen-bond acceptors (Lipinski definition) is 5. The number of fused-ring (bicyclic) bond motifs is 1. The lowest BCUT2D eigenvalue weighted by Gasteiger charge is -2.20. The van der Waals surface area contributed by atoms with E-state index in [1.807, 2.05) is 36.4 Å². The molecule has 2 heterocycles. The second-order valence-corrected chi connectivity index (χ2v) is 7.69. The molecule has 160 valence electrons. The molecular weight excluding hydrogens is 425 g/mol. The summed E-state index contributed by atoms with van der Waals surface area (Å²) in [7, 11) is 3.85. The molecule has 0 aliphatic carbocycles. The van der Waals surface area contributed by atoms with Crippen molar-refractivity contribution in [1.82, 2.24) is 14.9 Å². The normalized spacial score (nSPS) is 10.7. The van der Waals surface area contributed by atoms with Crippen LogP contribution in [-0.2, 0) is 11.3 Å². The highest BCUT2D eigenvalue weighted by molar-refractivity contribution is 7.27. The number of amides is 1. The molecule has 1 atom stereocenters. The lowest BCUT2D eigenvalue weighted by Crippen LogP contribution is -2.31. The van der Waals surface area contributed by atoms with Gasteiger partial charge in [0.1, 0.15) is 5.69 Å². The van der Waals surface area contributed by atoms with Gasteiger partial charge in [0.05, 0.1) is 23.8 Å². The molecule has 1 amide bonds. The molecule has 2 aromatic heterocycles. The summed E-state index contributed by atoms with van der Waals surface area (Å²) in [5, 5.41) is 4.01. The number of methoxy groups -OCH3 is 1. The maximum absolute atomic E-state index is 13.4. The molecule has 1 unspecified atom stereocenters. The molecule has 8 heteroatoms. The van der Waals surface area contributed by atoms with Crippen LogP contribution < -0.4 is 16.1 Å². The average molecular weight is 445 g/mol. The second-order valence-electron chi connectivity index (χ2n) is 7.02. The van der Waals surface area contributed by atoms with Gasteiger partial charge in [-0.15, -0.1) is 9.24 Å². The summed E-state index contributed by atoms with van der Waals surface area (Å²) in [6.07, 6.45) is 2.99. The van der Waals surface area contributed by atoms with Gasteiger partial charge in [-0.25, -0.2) is 4.79 Å². The molecule has 1 N–H and O–H groups in total. The summed E-state index contributed by atoms with van der Waals surface area (Å²) in [4.78, 5) is 42.8. The lowest BCUT2D eigenvalue weighted by atomic mass is 10.1. The Labute approximate surface area is 186 Å². The number of carbonyl (C=O) groups excluding carboxylic acids is 2. The van der Waals surface area contributed by atoms with E-state index in [1.54, 1.807) is 35.0 Å². The van der Waals surface area contributed by atoms with Crippen LogP contribution >= 0.6 is 9.24 Å². The first-order chi connectivity index (χ1) is 15.5. The fourth-order valence-corrected chi connectivity index (χ4v) is 3.79. The van der Waals surface area contributed by atoms with Gasteiger partial charge >= 0.3 is 5.97 Å². The van der Waals surface area contributed by atoms with Crippen LogP contribution in [0.4, 0.5) is 0 Å². The van der Waals surface area contributed by atoms with Crippen LogP contribution in [0.2, 0.25) is 0 Å². The third kappa shape index (κ3) is 4.03. The van der Waals surface area contributed by atoms with Crippen molar-refractivity contribution < 1.29 is 14.3 Å². The summed E-state index contributed by atoms with van der Waals surface area (Å²) in [5.74, 6) is -1.08. The van der Waals surface area contributed by atoms with E-state index in [0.29, 0.717) is 22.2 Å². The van der Waals surface area contributed by atoms with E-state index < -0.39 is 11.9 Å². The zero-order valence-corrected chi connectivity index (χ0v) is 18.4. The maximum atomic E-state index is 13.4. The van der Waals surface area contributed by atoms with Gasteiger partial charge in [0.25, 0.3) is 5.91 Å². The van der Waals surface area contributed by atoms with E-state index in [4.69, 9.17) is 4.74 Å². The van der Waals surface area contributed by atoms with Gasteiger partial charge < -0.3 is 14.6 Å². The van der Waals surface area contributed by atoms with E-state index in [2.05, 4.69) is 19.5 Å². The van der Waals surface area contributed by atoms with Gasteiger partial charge in [0.2, 0.25) is 0 Å². The SMILES string of the molecule is COC(=O)c1c(CNC(=O)c2cccnc2)c(=O)c2ccc(P)cc2n1-c1ccccc1. The third-order valence-electron chi connectivity index (χ3n) is 5.03. The van der Waals surface area contributed by atoms with Crippen molar-refractivity contribution in [2.24, 2.45) is 0 Å². The van der Waals surface area contributed by atoms with Gasteiger partial charge in [-0.2, -0.15) is 0 Å². The van der Waals surface area contributed by atoms with E-state index in [-0.39, 0.29) is 23.2 Å². The second kappa shape index (κ2) is 9.12. The number of nitrogens with one attached hydrogen (secondary N) is 1. The Morgan fingerprint density at radius 2 is 1.88 bits per heavy atom. The zero-order chi connectivity index (χ0) is 22.7. The number of para-hydroxylation sites is 1. The largest absolute Gasteiger partial charge is 0.464 e. The van der Waals surface area contributed by atoms with E-state index in [0.717, 1.165) is 5.30 Å². The highest BCUT2D eigenvalue weighted by atomic mass is 31.0. The molecule has 0 saturated heterocycles. The quantitative estimate of drug-likeness (QED) is 0.377. The highest BCUT2D eigenvalue weighted by Gasteiger charge is 2.24. The van der Waals surface area contributed by atoms with E-state index >= 15 is 0 Å². The smallest absolute Gasteiger partial charge is 0.355 e. The minimum atomic E-state index is -0.673. The molecular formula is C24H20N3O4P. The first kappa shape index (κ1) is 21.4. The third-order valence-corrected chi connectivity index (χ3v) is 5.39. The number of nitrogens with zero attached hydrogens (tertiary/aromatic N) is 2. The van der Waals surface area contributed by atoms with Crippen LogP contribution in [0, 0.1) is 0 Å². The minimum Gasteiger partial charge on any atom is -0.464 e. The molecule has 0 spiro atoms. The highest BCUT2D eigenvalue weighted by Crippen LogP contribution is 2.23. The molecule has 4 aromatic rings. The standard InChI is InChI=1S/C24H20N3O4P/c1-31-24(30)21-19(14-26-23(29)15-6-5-11-25-13-15)22(28)18-10-9-17(32)12-20(18)27(21)16-7-3-2-4-8-16/h2-13H,14,32H2,1H3,(H,26,29). The number of aromatic nitrogens is 2. The van der Waals surface area contributed by atoms with Gasteiger partial charge in [-0.05, 0) is 41.7 Å². The van der Waals surface area contributed by atoms with Gasteiger partial charge in [0, 0.05) is 30.0 Å². The Morgan fingerprint density at radius 1 is 1.09 bits per heavy atom. The molecule has 0 saturated carbocycles. The molecule has 4 rings (SSSR count). The Hall–Kier alpha value is -3.83. The lowest BCUT2D eigenvalue weighted by molar-refractivity contribution is 0.0589. The summed E-state index contributed by atoms with van der Waals surface area (Å²) in [5.41, 5.74) is 1.47. The Morgan fingerprint density at radius 3 is 2.56 bits per heavy atom. The molecule has 0 bridgehead atoms. The average Bonchev–Trinajstić information content (AvgIpc) is 2.83. The number of pyridine rings is 2. The monoisotopic (exact) mass is 445 g/mol. The van der Waals surface area contributed by atoms with Crippen molar-refractivity contribution in [2.45, 2.75) is 6.54 Å². The first-order valence-electron chi connectivity index (χ1n) is 9.80. The first-order valence-corrected chi connectivity index (χ1v) is 10.4. The number of rotatable bonds is 5. The fourth-order valence-electron chi connectivity index (χ4n) is 3.54. The number of ether oxygens (including phenoxy) is 1. The summed E-state index contributed by atoms with van der Waals surface area (Å²) in [6.45, 7) is -0.150. The van der Waals surface area contributed by atoms with Crippen molar-refractivity contribution in [1.29, 1.82) is 0 Å². The van der Waals surface area contributed by atoms with Crippen molar-refractivity contribution in [3.05, 3.63) is 100 Å². The zero-order valence-electron chi connectivity index (χ0n) is 17.2. The number of carbonyl (C=O) groups is 2. The maximum Gasteiger partial charge on any atom is 0.355 e. The van der Waals surface area contributed by atoms with Crippen LogP contribution in [0.15, 0.2) is 77.9 Å². The summed E-state index contributed by atoms with van der Waals surface area (Å²) < 4.78 is 6.73. The molecule has 0 aliphatic rings. The van der Waals surface area contributed by atoms with Gasteiger partial charge in [-0.1, -0.05) is 24.3 Å². The Bertz CT molecular complexity index is 1370. The Balaban J connectivity index is 1.95. The summed E-state index contributed by atoms with van der Waals surface area (Å²) >= 11 is 0. The van der Waals surface area contributed by atoms with E-state index in [9.17, 15) is 14.4 Å². The number of esters is 1. The molecule has 0 aliphatic heterocycles. The molecule has 2 aromatic carbocycles. The van der Waals surface area contributed by atoms with E-state index in [1.165, 1.54) is 13.3 Å². The number of benzene rings is 2. The fraction of sp³-hybridized carbons (Fsp3) is 0.0833. The topological polar surface area (TPSA) is 90.3 Å². The van der Waals surface area contributed by atoms with Crippen LogP contribution in [0.25, 0.3) is 16.6 Å². The van der Waals surface area contributed by atoms with Crippen LogP contribution in [-0.4, -0.2) is 28.5 Å². The van der Waals surface area contributed by atoms with Crippen molar-refractivity contribution in [2.75, 3.05) is 7.11 Å². The Kier molecular flexibility index (Phi) is 6.10. The van der Waals surface area contributed by atoms with Crippen molar-refractivity contribution >= 4 is 37.3 Å². The predicted molar refractivity (Wildman–Crippen MR) is 126 cm³/mol. The van der Waals surface area contributed by atoms with Crippen LogP contribution in [0.3, 0.4) is 0 Å². The van der Waals surface area contributed by atoms with Gasteiger partial charge in [-0.3, -0.25) is 14.6 Å². The van der Waals surface area contributed by atoms with Crippen molar-refractivity contribution in [3.63, 3.8) is 0 Å². The molecule has 32 heavy (non-hydrogen) atoms. The molecule has 7 nitrogen and oxygen atoms in total. The summed E-state index contributed by atoms with van der Waals surface area (Å²) in [6, 6.07) is 17.8.